The van der Waals surface area contributed by atoms with Gasteiger partial charge in [0.1, 0.15) is 0 Å². The molecule has 1 aliphatic carbocycles. The number of carbonyl (C=O) groups is 1. The molecule has 0 aromatic rings. The third-order valence-electron chi connectivity index (χ3n) is 2.52. The normalized spacial score (nSPS) is 28.7. The van der Waals surface area contributed by atoms with E-state index in [9.17, 15) is 4.79 Å². The fourth-order valence-corrected chi connectivity index (χ4v) is 1.79. The van der Waals surface area contributed by atoms with E-state index in [1.54, 1.807) is 7.11 Å². The third kappa shape index (κ3) is 3.74. The van der Waals surface area contributed by atoms with Gasteiger partial charge in [-0.1, -0.05) is 0 Å². The minimum Gasteiger partial charge on any atom is -0.381 e. The van der Waals surface area contributed by atoms with E-state index in [4.69, 9.17) is 10.5 Å². The van der Waals surface area contributed by atoms with E-state index in [1.165, 1.54) is 0 Å². The van der Waals surface area contributed by atoms with Crippen LogP contribution >= 0.6 is 0 Å². The number of carbonyl (C=O) groups excluding carboxylic acids is 1. The second-order valence-electron chi connectivity index (χ2n) is 3.57. The molecule has 2 atom stereocenters. The second kappa shape index (κ2) is 5.19. The lowest BCUT2D eigenvalue weighted by molar-refractivity contribution is -0.117. The number of rotatable bonds is 4. The average molecular weight is 186 g/mol. The smallest absolute Gasteiger partial charge is 0.231 e. The van der Waals surface area contributed by atoms with E-state index in [2.05, 4.69) is 5.32 Å². The third-order valence-corrected chi connectivity index (χ3v) is 2.52. The number of primary amides is 1. The van der Waals surface area contributed by atoms with Crippen LogP contribution in [0.3, 0.4) is 0 Å². The van der Waals surface area contributed by atoms with Gasteiger partial charge in [0.05, 0.1) is 12.6 Å². The maximum Gasteiger partial charge on any atom is 0.231 e. The van der Waals surface area contributed by atoms with Gasteiger partial charge in [-0.25, -0.2) is 0 Å². The zero-order valence-electron chi connectivity index (χ0n) is 8.08. The maximum atomic E-state index is 10.5. The standard InChI is InChI=1S/C9H18N2O2/c1-13-8-4-2-3-7(5-8)11-6-9(10)12/h7-8,11H,2-6H2,1H3,(H2,10,12). The van der Waals surface area contributed by atoms with Gasteiger partial charge in [0.2, 0.25) is 5.91 Å². The summed E-state index contributed by atoms with van der Waals surface area (Å²) in [5, 5.41) is 3.13. The minimum absolute atomic E-state index is 0.279. The zero-order valence-corrected chi connectivity index (χ0v) is 8.08. The summed E-state index contributed by atoms with van der Waals surface area (Å²) in [6.07, 6.45) is 4.75. The Labute approximate surface area is 78.8 Å². The Morgan fingerprint density at radius 1 is 1.62 bits per heavy atom. The summed E-state index contributed by atoms with van der Waals surface area (Å²) in [6.45, 7) is 0.279. The van der Waals surface area contributed by atoms with Gasteiger partial charge in [-0.3, -0.25) is 4.79 Å². The van der Waals surface area contributed by atoms with Crippen LogP contribution in [0, 0.1) is 0 Å². The van der Waals surface area contributed by atoms with Crippen molar-refractivity contribution in [1.82, 2.24) is 5.32 Å². The Bertz CT molecular complexity index is 173. The number of amides is 1. The number of ether oxygens (including phenoxy) is 1. The van der Waals surface area contributed by atoms with E-state index < -0.39 is 0 Å². The van der Waals surface area contributed by atoms with Gasteiger partial charge in [0.15, 0.2) is 0 Å². The fraction of sp³-hybridized carbons (Fsp3) is 0.889. The van der Waals surface area contributed by atoms with Crippen LogP contribution in [0.2, 0.25) is 0 Å². The SMILES string of the molecule is COC1CCCC(NCC(N)=O)C1. The minimum atomic E-state index is -0.292. The lowest BCUT2D eigenvalue weighted by Crippen LogP contribution is -2.40. The predicted octanol–water partition coefficient (Wildman–Crippen LogP) is 0.0189. The molecule has 1 aliphatic rings. The number of methoxy groups -OCH3 is 1. The van der Waals surface area contributed by atoms with Gasteiger partial charge in [0.25, 0.3) is 0 Å². The lowest BCUT2D eigenvalue weighted by atomic mass is 9.93. The van der Waals surface area contributed by atoms with Crippen LogP contribution in [0.15, 0.2) is 0 Å². The fourth-order valence-electron chi connectivity index (χ4n) is 1.79. The van der Waals surface area contributed by atoms with Crippen molar-refractivity contribution in [3.05, 3.63) is 0 Å². The summed E-state index contributed by atoms with van der Waals surface area (Å²) in [6, 6.07) is 0.395. The molecule has 0 radical (unpaired) electrons. The molecule has 0 heterocycles. The topological polar surface area (TPSA) is 64.3 Å². The monoisotopic (exact) mass is 186 g/mol. The quantitative estimate of drug-likeness (QED) is 0.650. The summed E-state index contributed by atoms with van der Waals surface area (Å²) in [7, 11) is 1.74. The molecule has 0 spiro atoms. The summed E-state index contributed by atoms with van der Waals surface area (Å²) in [4.78, 5) is 10.5. The van der Waals surface area contributed by atoms with Crippen molar-refractivity contribution >= 4 is 5.91 Å². The first-order valence-electron chi connectivity index (χ1n) is 4.77. The van der Waals surface area contributed by atoms with Crippen LogP contribution < -0.4 is 11.1 Å². The molecule has 1 saturated carbocycles. The van der Waals surface area contributed by atoms with E-state index in [-0.39, 0.29) is 12.5 Å². The van der Waals surface area contributed by atoms with Crippen LogP contribution in [-0.4, -0.2) is 31.7 Å². The molecular weight excluding hydrogens is 168 g/mol. The van der Waals surface area contributed by atoms with E-state index in [0.29, 0.717) is 12.1 Å². The van der Waals surface area contributed by atoms with Crippen molar-refractivity contribution in [3.8, 4) is 0 Å². The maximum absolute atomic E-state index is 10.5. The second-order valence-corrected chi connectivity index (χ2v) is 3.57. The highest BCUT2D eigenvalue weighted by Crippen LogP contribution is 2.20. The van der Waals surface area contributed by atoms with Crippen LogP contribution in [0.25, 0.3) is 0 Å². The molecule has 0 bridgehead atoms. The molecule has 4 nitrogen and oxygen atoms in total. The molecule has 1 amide bonds. The van der Waals surface area contributed by atoms with E-state index >= 15 is 0 Å². The van der Waals surface area contributed by atoms with Crippen LogP contribution in [0.4, 0.5) is 0 Å². The molecule has 13 heavy (non-hydrogen) atoms. The van der Waals surface area contributed by atoms with E-state index in [1.807, 2.05) is 0 Å². The molecule has 76 valence electrons. The number of nitrogens with one attached hydrogen (secondary N) is 1. The molecule has 4 heteroatoms. The Morgan fingerprint density at radius 2 is 2.38 bits per heavy atom. The first-order chi connectivity index (χ1) is 6.22. The van der Waals surface area contributed by atoms with Crippen molar-refractivity contribution in [2.24, 2.45) is 5.73 Å². The Morgan fingerprint density at radius 3 is 3.00 bits per heavy atom. The van der Waals surface area contributed by atoms with Crippen LogP contribution in [0.1, 0.15) is 25.7 Å². The van der Waals surface area contributed by atoms with Gasteiger partial charge in [-0.15, -0.1) is 0 Å². The summed E-state index contributed by atoms with van der Waals surface area (Å²) >= 11 is 0. The first-order valence-corrected chi connectivity index (χ1v) is 4.77. The summed E-state index contributed by atoms with van der Waals surface area (Å²) < 4.78 is 5.27. The molecule has 1 fully saturated rings. The lowest BCUT2D eigenvalue weighted by Gasteiger charge is -2.28. The molecule has 0 saturated heterocycles. The number of nitrogens with two attached hydrogens (primary N) is 1. The van der Waals surface area contributed by atoms with Gasteiger partial charge < -0.3 is 15.8 Å². The van der Waals surface area contributed by atoms with Gasteiger partial charge in [-0.05, 0) is 25.7 Å². The van der Waals surface area contributed by atoms with Crippen molar-refractivity contribution in [1.29, 1.82) is 0 Å². The Balaban J connectivity index is 2.21. The number of hydrogen-bond donors (Lipinski definition) is 2. The Hall–Kier alpha value is -0.610. The van der Waals surface area contributed by atoms with Crippen molar-refractivity contribution in [3.63, 3.8) is 0 Å². The molecule has 2 unspecified atom stereocenters. The highest BCUT2D eigenvalue weighted by Gasteiger charge is 2.21. The first kappa shape index (κ1) is 10.5. The predicted molar refractivity (Wildman–Crippen MR) is 50.3 cm³/mol. The van der Waals surface area contributed by atoms with Crippen LogP contribution in [0.5, 0.6) is 0 Å². The van der Waals surface area contributed by atoms with E-state index in [0.717, 1.165) is 25.7 Å². The van der Waals surface area contributed by atoms with Gasteiger partial charge >= 0.3 is 0 Å². The highest BCUT2D eigenvalue weighted by molar-refractivity contribution is 5.75. The van der Waals surface area contributed by atoms with Gasteiger partial charge in [0, 0.05) is 13.2 Å². The average Bonchev–Trinajstić information content (AvgIpc) is 2.15. The molecule has 0 aliphatic heterocycles. The van der Waals surface area contributed by atoms with Crippen molar-refractivity contribution in [2.75, 3.05) is 13.7 Å². The Kier molecular flexibility index (Phi) is 4.18. The molecule has 1 rings (SSSR count). The molecular formula is C9H18N2O2. The summed E-state index contributed by atoms with van der Waals surface area (Å²) in [5.74, 6) is -0.292. The molecule has 0 aromatic heterocycles. The largest absolute Gasteiger partial charge is 0.381 e. The van der Waals surface area contributed by atoms with Gasteiger partial charge in [-0.2, -0.15) is 0 Å². The highest BCUT2D eigenvalue weighted by atomic mass is 16.5. The molecule has 3 N–H and O–H groups in total. The van der Waals surface area contributed by atoms with Crippen molar-refractivity contribution in [2.45, 2.75) is 37.8 Å². The molecule has 0 aromatic carbocycles. The zero-order chi connectivity index (χ0) is 9.68. The summed E-state index contributed by atoms with van der Waals surface area (Å²) in [5.41, 5.74) is 5.04. The van der Waals surface area contributed by atoms with Crippen LogP contribution in [-0.2, 0) is 9.53 Å². The van der Waals surface area contributed by atoms with Crippen molar-refractivity contribution < 1.29 is 9.53 Å². The number of hydrogen-bond acceptors (Lipinski definition) is 3.